The second kappa shape index (κ2) is 8.75. The first-order chi connectivity index (χ1) is 9.13. The predicted molar refractivity (Wildman–Crippen MR) is 78.5 cm³/mol. The van der Waals surface area contributed by atoms with Crippen molar-refractivity contribution in [1.29, 1.82) is 0 Å². The topological polar surface area (TPSA) is 83.6 Å². The van der Waals surface area contributed by atoms with Gasteiger partial charge in [0.1, 0.15) is 0 Å². The Bertz CT molecular complexity index is 416. The molecule has 2 atom stereocenters. The van der Waals surface area contributed by atoms with Crippen LogP contribution in [0.2, 0.25) is 15.6 Å². The molecule has 2 N–H and O–H groups in total. The molecule has 0 aliphatic carbocycles. The van der Waals surface area contributed by atoms with Crippen molar-refractivity contribution in [2.45, 2.75) is 22.5 Å². The SMILES string of the molecule is CC[As](CCO)[As](CCO)c1cccc([N+](=O)[O-])c1. The molecule has 1 rings (SSSR count). The molecule has 1 aromatic carbocycles. The normalized spacial score (nSPS) is 14.1. The molecule has 0 radical (unpaired) electrons. The van der Waals surface area contributed by atoms with Gasteiger partial charge < -0.3 is 0 Å². The van der Waals surface area contributed by atoms with Crippen molar-refractivity contribution >= 4 is 35.2 Å². The van der Waals surface area contributed by atoms with Crippen LogP contribution in [0.4, 0.5) is 5.69 Å². The fourth-order valence-corrected chi connectivity index (χ4v) is 23.9. The maximum atomic E-state index is 10.8. The van der Waals surface area contributed by atoms with Crippen molar-refractivity contribution in [3.05, 3.63) is 34.4 Å². The number of benzene rings is 1. The summed E-state index contributed by atoms with van der Waals surface area (Å²) in [6, 6.07) is 6.86. The molecule has 5 nitrogen and oxygen atoms in total. The zero-order valence-electron chi connectivity index (χ0n) is 10.9. The van der Waals surface area contributed by atoms with Crippen LogP contribution < -0.4 is 4.35 Å². The number of hydrogen-bond acceptors (Lipinski definition) is 4. The Balaban J connectivity index is 3.03. The summed E-state index contributed by atoms with van der Waals surface area (Å²) in [5, 5.41) is 32.0. The number of nitro groups is 1. The number of aliphatic hydroxyl groups is 2. The number of aliphatic hydroxyl groups excluding tert-OH is 2. The minimum atomic E-state index is -1.44. The molecule has 1 aromatic rings. The Labute approximate surface area is 120 Å². The second-order valence-corrected chi connectivity index (χ2v) is 23.4. The van der Waals surface area contributed by atoms with Crippen LogP contribution in [0, 0.1) is 10.1 Å². The van der Waals surface area contributed by atoms with E-state index < -0.39 is 25.2 Å². The third-order valence-electron chi connectivity index (χ3n) is 2.71. The first-order valence-electron chi connectivity index (χ1n) is 6.12. The van der Waals surface area contributed by atoms with E-state index in [2.05, 4.69) is 6.92 Å². The number of rotatable bonds is 8. The average Bonchev–Trinajstić information content (AvgIpc) is 2.42. The molecule has 7 heteroatoms. The van der Waals surface area contributed by atoms with E-state index in [9.17, 15) is 15.2 Å². The van der Waals surface area contributed by atoms with Crippen LogP contribution >= 0.6 is 0 Å². The van der Waals surface area contributed by atoms with Crippen molar-refractivity contribution in [2.24, 2.45) is 0 Å². The van der Waals surface area contributed by atoms with E-state index in [1.165, 1.54) is 6.07 Å². The molecule has 0 aliphatic rings. The third kappa shape index (κ3) is 4.92. The minimum absolute atomic E-state index is 0.129. The number of hydrogen-bond donors (Lipinski definition) is 2. The van der Waals surface area contributed by atoms with E-state index in [1.807, 2.05) is 6.07 Å². The van der Waals surface area contributed by atoms with Crippen molar-refractivity contribution in [2.75, 3.05) is 13.2 Å². The van der Waals surface area contributed by atoms with Crippen LogP contribution in [0.3, 0.4) is 0 Å². The van der Waals surface area contributed by atoms with Crippen molar-refractivity contribution in [3.63, 3.8) is 0 Å². The van der Waals surface area contributed by atoms with E-state index in [0.717, 1.165) is 20.0 Å². The molecule has 0 heterocycles. The Morgan fingerprint density at radius 2 is 1.95 bits per heavy atom. The summed E-state index contributed by atoms with van der Waals surface area (Å²) in [5.41, 5.74) is 0.129. The summed E-state index contributed by atoms with van der Waals surface area (Å²) >= 11 is -2.63. The fourth-order valence-electron chi connectivity index (χ4n) is 1.86. The van der Waals surface area contributed by atoms with Gasteiger partial charge in [0.2, 0.25) is 0 Å². The maximum absolute atomic E-state index is 10.8. The monoisotopic (exact) mass is 391 g/mol. The zero-order valence-corrected chi connectivity index (χ0v) is 14.7. The van der Waals surface area contributed by atoms with Crippen molar-refractivity contribution in [1.82, 2.24) is 0 Å². The Morgan fingerprint density at radius 1 is 1.26 bits per heavy atom. The van der Waals surface area contributed by atoms with Gasteiger partial charge in [0.15, 0.2) is 0 Å². The van der Waals surface area contributed by atoms with Crippen LogP contribution in [0.15, 0.2) is 24.3 Å². The second-order valence-electron chi connectivity index (χ2n) is 3.89. The number of nitro benzene ring substituents is 1. The van der Waals surface area contributed by atoms with Crippen molar-refractivity contribution < 1.29 is 15.1 Å². The summed E-state index contributed by atoms with van der Waals surface area (Å²) in [6.45, 7) is 2.46. The first kappa shape index (κ1) is 16.7. The van der Waals surface area contributed by atoms with E-state index in [1.54, 1.807) is 12.1 Å². The fraction of sp³-hybridized carbons (Fsp3) is 0.500. The number of nitrogens with zero attached hydrogens (tertiary/aromatic N) is 1. The van der Waals surface area contributed by atoms with Gasteiger partial charge in [-0.3, -0.25) is 0 Å². The van der Waals surface area contributed by atoms with Gasteiger partial charge in [-0.15, -0.1) is 0 Å². The van der Waals surface area contributed by atoms with E-state index in [0.29, 0.717) is 0 Å². The van der Waals surface area contributed by atoms with Crippen LogP contribution in [0.5, 0.6) is 0 Å². The molecule has 106 valence electrons. The van der Waals surface area contributed by atoms with Gasteiger partial charge >= 0.3 is 120 Å². The van der Waals surface area contributed by atoms with Gasteiger partial charge in [0, 0.05) is 0 Å². The summed E-state index contributed by atoms with van der Waals surface area (Å²) in [5.74, 6) is 0. The van der Waals surface area contributed by atoms with E-state index in [4.69, 9.17) is 5.11 Å². The van der Waals surface area contributed by atoms with Crippen LogP contribution in [0.1, 0.15) is 6.92 Å². The van der Waals surface area contributed by atoms with Gasteiger partial charge in [0.25, 0.3) is 0 Å². The van der Waals surface area contributed by atoms with Gasteiger partial charge in [-0.25, -0.2) is 0 Å². The summed E-state index contributed by atoms with van der Waals surface area (Å²) in [4.78, 5) is 10.5. The molecule has 0 saturated heterocycles. The van der Waals surface area contributed by atoms with E-state index in [-0.39, 0.29) is 23.8 Å². The van der Waals surface area contributed by atoms with E-state index >= 15 is 0 Å². The molecule has 0 saturated carbocycles. The first-order valence-corrected chi connectivity index (χ1v) is 16.2. The zero-order chi connectivity index (χ0) is 14.3. The van der Waals surface area contributed by atoms with Gasteiger partial charge in [0.05, 0.1) is 0 Å². The standard InChI is InChI=1S/C12H19As2NO4/c1-2-13(6-8-16)14(7-9-17)11-4-3-5-12(10-11)15(18)19/h3-5,10,16-17H,2,6-9H2,1H3. The Kier molecular flexibility index (Phi) is 7.70. The van der Waals surface area contributed by atoms with Crippen LogP contribution in [-0.2, 0) is 0 Å². The van der Waals surface area contributed by atoms with Crippen LogP contribution in [-0.4, -0.2) is 53.5 Å². The predicted octanol–water partition coefficient (Wildman–Crippen LogP) is 0.874. The van der Waals surface area contributed by atoms with Crippen LogP contribution in [0.25, 0.3) is 0 Å². The quantitative estimate of drug-likeness (QED) is 0.392. The van der Waals surface area contributed by atoms with Gasteiger partial charge in [-0.05, 0) is 0 Å². The molecule has 0 amide bonds. The summed E-state index contributed by atoms with van der Waals surface area (Å²) in [6.07, 6.45) is 0. The molecular weight excluding hydrogens is 372 g/mol. The molecule has 2 unspecified atom stereocenters. The summed E-state index contributed by atoms with van der Waals surface area (Å²) < 4.78 is 1.08. The third-order valence-corrected chi connectivity index (χ3v) is 27.7. The average molecular weight is 391 g/mol. The number of non-ortho nitro benzene ring substituents is 1. The summed E-state index contributed by atoms with van der Waals surface area (Å²) in [7, 11) is 0. The van der Waals surface area contributed by atoms with Gasteiger partial charge in [-0.2, -0.15) is 0 Å². The molecule has 0 aliphatic heterocycles. The Hall–Kier alpha value is -0.343. The van der Waals surface area contributed by atoms with Gasteiger partial charge in [-0.1, -0.05) is 0 Å². The molecule has 19 heavy (non-hydrogen) atoms. The molecular formula is C12H19As2NO4. The molecule has 0 bridgehead atoms. The molecule has 0 fully saturated rings. The molecule has 0 aromatic heterocycles. The Morgan fingerprint density at radius 3 is 2.47 bits per heavy atom. The van der Waals surface area contributed by atoms with Crippen molar-refractivity contribution in [3.8, 4) is 0 Å². The molecule has 0 spiro atoms.